The highest BCUT2D eigenvalue weighted by Gasteiger charge is 2.65. The summed E-state index contributed by atoms with van der Waals surface area (Å²) in [4.78, 5) is 37.2. The average Bonchev–Trinajstić information content (AvgIpc) is 3.92. The minimum Gasteiger partial charge on any atom is -0.497 e. The van der Waals surface area contributed by atoms with Crippen LogP contribution in [0.5, 0.6) is 23.0 Å². The molecule has 2 aliphatic heterocycles. The smallest absolute Gasteiger partial charge is 0.417 e. The number of nitrogens with zero attached hydrogens (tertiary/aromatic N) is 2. The summed E-state index contributed by atoms with van der Waals surface area (Å²) in [6.07, 6.45) is 15.2. The van der Waals surface area contributed by atoms with Gasteiger partial charge in [-0.1, -0.05) is 68.0 Å². The average molecular weight is 982 g/mol. The van der Waals surface area contributed by atoms with Crippen molar-refractivity contribution in [3.8, 4) is 23.0 Å². The van der Waals surface area contributed by atoms with Crippen molar-refractivity contribution >= 4 is 23.4 Å². The second-order valence-electron chi connectivity index (χ2n) is 19.6. The molecule has 2 heterocycles. The molecule has 3 aromatic carbocycles. The van der Waals surface area contributed by atoms with Crippen molar-refractivity contribution in [1.29, 1.82) is 0 Å². The number of aliphatic hydroxyl groups excluding tert-OH is 2. The van der Waals surface area contributed by atoms with Gasteiger partial charge in [-0.3, -0.25) is 10.1 Å². The number of amides is 2. The van der Waals surface area contributed by atoms with Gasteiger partial charge in [-0.2, -0.15) is 0 Å². The van der Waals surface area contributed by atoms with E-state index in [1.165, 1.54) is 19.2 Å². The van der Waals surface area contributed by atoms with Gasteiger partial charge >= 0.3 is 6.09 Å². The van der Waals surface area contributed by atoms with Crippen molar-refractivity contribution in [3.05, 3.63) is 102 Å². The van der Waals surface area contributed by atoms with E-state index in [-0.39, 0.29) is 68.0 Å². The largest absolute Gasteiger partial charge is 0.497 e. The molecule has 5 aliphatic rings. The summed E-state index contributed by atoms with van der Waals surface area (Å²) >= 11 is 0. The SMILES string of the molecule is C=CCO[C@@]12Oc3ccc(OC(=O)Nc4ccc(OC)cc4OC)cc3[C@H]3[C@H](CCCCO)[C@@H](CCCCO)C=C(C(=NOC4CCCCO4)C[C@@H]1N(Cc1ccc(F)cc1)C(=O)CCC1CCCC1)[C@H]32. The molecule has 7 atom stereocenters. The highest BCUT2D eigenvalue weighted by Crippen LogP contribution is 2.62. The molecule has 2 saturated carbocycles. The number of fused-ring (bicyclic) bond motifs is 2. The van der Waals surface area contributed by atoms with Gasteiger partial charge in [-0.25, -0.2) is 9.18 Å². The summed E-state index contributed by atoms with van der Waals surface area (Å²) < 4.78 is 52.1. The molecule has 1 saturated heterocycles. The van der Waals surface area contributed by atoms with Crippen LogP contribution in [-0.2, 0) is 25.7 Å². The monoisotopic (exact) mass is 982 g/mol. The van der Waals surface area contributed by atoms with Crippen molar-refractivity contribution in [3.63, 3.8) is 0 Å². The molecule has 71 heavy (non-hydrogen) atoms. The van der Waals surface area contributed by atoms with Crippen LogP contribution < -0.4 is 24.3 Å². The molecule has 3 fully saturated rings. The molecule has 1 unspecified atom stereocenters. The lowest BCUT2D eigenvalue weighted by Crippen LogP contribution is -2.70. The van der Waals surface area contributed by atoms with Crippen LogP contribution in [0.15, 0.2) is 90.1 Å². The fourth-order valence-corrected chi connectivity index (χ4v) is 11.7. The number of benzene rings is 3. The predicted octanol–water partition coefficient (Wildman–Crippen LogP) is 10.6. The number of ether oxygens (including phenoxy) is 6. The second-order valence-corrected chi connectivity index (χ2v) is 19.6. The first-order chi connectivity index (χ1) is 34.7. The van der Waals surface area contributed by atoms with Crippen LogP contribution in [0, 0.1) is 29.5 Å². The molecule has 3 N–H and O–H groups in total. The molecule has 14 nitrogen and oxygen atoms in total. The highest BCUT2D eigenvalue weighted by atomic mass is 19.1. The number of aliphatic hydroxyl groups is 2. The Kier molecular flexibility index (Phi) is 18.1. The maximum atomic E-state index is 15.3. The Balaban J connectivity index is 1.29. The molecule has 8 rings (SSSR count). The third-order valence-corrected chi connectivity index (χ3v) is 15.1. The Morgan fingerprint density at radius 1 is 0.915 bits per heavy atom. The zero-order valence-electron chi connectivity index (χ0n) is 41.4. The first-order valence-electron chi connectivity index (χ1n) is 25.8. The number of methoxy groups -OCH3 is 2. The molecule has 0 bridgehead atoms. The van der Waals surface area contributed by atoms with E-state index in [0.717, 1.165) is 87.3 Å². The molecule has 15 heteroatoms. The predicted molar refractivity (Wildman–Crippen MR) is 267 cm³/mol. The maximum Gasteiger partial charge on any atom is 0.417 e. The Morgan fingerprint density at radius 2 is 1.68 bits per heavy atom. The van der Waals surface area contributed by atoms with Crippen LogP contribution in [0.25, 0.3) is 0 Å². The standard InChI is InChI=1S/C56H72FN3O11/c1-4-30-68-56-50(60(36-38-18-21-40(57)22-19-38)51(63)27-20-37-13-5-6-14-37)35-47(59-71-52-17-9-12-31-67-52)44-32-39(15-7-10-28-61)43(16-8-11-29-62)53(54(44)56)45-33-42(24-26-48(45)70-56)69-55(64)58-46-25-23-41(65-2)34-49(46)66-3/h4,18-19,21-26,32-34,37,39,43,50,52-54,61-62H,1,5-17,20,27-31,35-36H2,2-3H3,(H,58,64)/t39-,43+,50-,52?,53+,54+,56+/m0/s1. The van der Waals surface area contributed by atoms with Gasteiger partial charge < -0.3 is 48.4 Å². The van der Waals surface area contributed by atoms with Crippen molar-refractivity contribution in [2.45, 2.75) is 133 Å². The maximum absolute atomic E-state index is 15.3. The molecule has 0 aromatic heterocycles. The van der Waals surface area contributed by atoms with Gasteiger partial charge in [0.05, 0.1) is 44.8 Å². The number of anilines is 1. The van der Waals surface area contributed by atoms with Gasteiger partial charge in [-0.05, 0) is 116 Å². The summed E-state index contributed by atoms with van der Waals surface area (Å²) in [6.45, 7) is 4.98. The van der Waals surface area contributed by atoms with E-state index in [0.29, 0.717) is 66.9 Å². The Morgan fingerprint density at radius 3 is 2.39 bits per heavy atom. The van der Waals surface area contributed by atoms with Gasteiger partial charge in [0.15, 0.2) is 0 Å². The van der Waals surface area contributed by atoms with E-state index < -0.39 is 30.1 Å². The fraction of sp³-hybridized carbons (Fsp3) is 0.554. The minimum atomic E-state index is -1.52. The van der Waals surface area contributed by atoms with Gasteiger partial charge in [0, 0.05) is 56.6 Å². The number of halogens is 1. The van der Waals surface area contributed by atoms with Crippen LogP contribution in [0.1, 0.15) is 120 Å². The van der Waals surface area contributed by atoms with Crippen molar-refractivity contribution in [2.24, 2.45) is 28.8 Å². The quantitative estimate of drug-likeness (QED) is 0.0470. The molecule has 0 radical (unpaired) electrons. The van der Waals surface area contributed by atoms with Crippen LogP contribution in [0.4, 0.5) is 14.9 Å². The topological polar surface area (TPSA) is 167 Å². The first-order valence-corrected chi connectivity index (χ1v) is 25.8. The summed E-state index contributed by atoms with van der Waals surface area (Å²) in [5, 5.41) is 27.9. The molecular weight excluding hydrogens is 910 g/mol. The van der Waals surface area contributed by atoms with E-state index in [2.05, 4.69) is 18.0 Å². The van der Waals surface area contributed by atoms with E-state index in [9.17, 15) is 19.4 Å². The van der Waals surface area contributed by atoms with Crippen molar-refractivity contribution in [2.75, 3.05) is 46.0 Å². The van der Waals surface area contributed by atoms with E-state index >= 15 is 4.79 Å². The van der Waals surface area contributed by atoms with E-state index in [4.69, 9.17) is 38.4 Å². The highest BCUT2D eigenvalue weighted by molar-refractivity contribution is 6.03. The van der Waals surface area contributed by atoms with Gasteiger partial charge in [-0.15, -0.1) is 6.58 Å². The Bertz CT molecular complexity index is 2330. The number of carbonyl (C=O) groups excluding carboxylic acids is 2. The first kappa shape index (κ1) is 51.9. The summed E-state index contributed by atoms with van der Waals surface area (Å²) in [5.41, 5.74) is 3.46. The number of nitrogens with one attached hydrogen (secondary N) is 1. The van der Waals surface area contributed by atoms with Crippen LogP contribution >= 0.6 is 0 Å². The summed E-state index contributed by atoms with van der Waals surface area (Å²) in [7, 11) is 3.05. The lowest BCUT2D eigenvalue weighted by molar-refractivity contribution is -0.258. The van der Waals surface area contributed by atoms with Crippen molar-refractivity contribution in [1.82, 2.24) is 4.90 Å². The van der Waals surface area contributed by atoms with Crippen LogP contribution in [-0.4, -0.2) is 91.6 Å². The molecular formula is C56H72FN3O11. The van der Waals surface area contributed by atoms with E-state index in [1.807, 2.05) is 11.0 Å². The van der Waals surface area contributed by atoms with Crippen LogP contribution in [0.2, 0.25) is 0 Å². The fourth-order valence-electron chi connectivity index (χ4n) is 11.7. The number of hydrogen-bond donors (Lipinski definition) is 3. The third kappa shape index (κ3) is 12.2. The lowest BCUT2D eigenvalue weighted by Gasteiger charge is -2.60. The van der Waals surface area contributed by atoms with Gasteiger partial charge in [0.2, 0.25) is 18.0 Å². The van der Waals surface area contributed by atoms with Crippen LogP contribution in [0.3, 0.4) is 0 Å². The number of rotatable bonds is 23. The lowest BCUT2D eigenvalue weighted by atomic mass is 9.55. The summed E-state index contributed by atoms with van der Waals surface area (Å²) in [6, 6.07) is 15.9. The van der Waals surface area contributed by atoms with E-state index in [1.54, 1.807) is 55.7 Å². The van der Waals surface area contributed by atoms with Gasteiger partial charge in [0.1, 0.15) is 34.9 Å². The zero-order chi connectivity index (χ0) is 49.7. The Hall–Kier alpha value is -5.48. The van der Waals surface area contributed by atoms with Gasteiger partial charge in [0.25, 0.3) is 0 Å². The molecule has 2 amide bonds. The Labute approximate surface area is 417 Å². The molecule has 0 spiro atoms. The normalized spacial score (nSPS) is 25.3. The number of unbranched alkanes of at least 4 members (excludes halogenated alkanes) is 2. The third-order valence-electron chi connectivity index (χ3n) is 15.1. The molecule has 3 aromatic rings. The number of carbonyl (C=O) groups is 2. The molecule has 3 aliphatic carbocycles. The summed E-state index contributed by atoms with van der Waals surface area (Å²) in [5.74, 6) is -0.806. The minimum absolute atomic E-state index is 0.0222. The number of allylic oxidation sites excluding steroid dienone is 1. The number of hydrogen-bond acceptors (Lipinski definition) is 12. The van der Waals surface area contributed by atoms with Crippen molar-refractivity contribution < 1.29 is 57.5 Å². The molecule has 384 valence electrons. The second kappa shape index (κ2) is 24.8. The number of oxime groups is 1. The zero-order valence-corrected chi connectivity index (χ0v) is 41.4.